The van der Waals surface area contributed by atoms with E-state index in [0.717, 1.165) is 30.0 Å². The number of hydrazone groups is 1. The number of anilines is 1. The second kappa shape index (κ2) is 8.55. The predicted octanol–water partition coefficient (Wildman–Crippen LogP) is 2.29. The summed E-state index contributed by atoms with van der Waals surface area (Å²) < 4.78 is 13.9. The molecular weight excluding hydrogens is 339 g/mol. The summed E-state index contributed by atoms with van der Waals surface area (Å²) in [5.74, 6) is -1.73. The summed E-state index contributed by atoms with van der Waals surface area (Å²) in [4.78, 5) is 35.9. The fraction of sp³-hybridized carbons (Fsp3) is 0.444. The molecule has 3 amide bonds. The fourth-order valence-electron chi connectivity index (χ4n) is 2.64. The SMILES string of the molecule is CCCC(C)NC(=O)c1cc(F)cc(NC(=O)C2=NN(C)C(=O)CC2)c1. The Hall–Kier alpha value is -2.77. The number of halogens is 1. The Balaban J connectivity index is 2.12. The van der Waals surface area contributed by atoms with Gasteiger partial charge in [0, 0.05) is 37.2 Å². The van der Waals surface area contributed by atoms with Crippen LogP contribution in [0.2, 0.25) is 0 Å². The molecular formula is C18H23FN4O3. The van der Waals surface area contributed by atoms with Crippen molar-refractivity contribution < 1.29 is 18.8 Å². The van der Waals surface area contributed by atoms with Gasteiger partial charge < -0.3 is 10.6 Å². The first-order valence-corrected chi connectivity index (χ1v) is 8.57. The van der Waals surface area contributed by atoms with Crippen LogP contribution < -0.4 is 10.6 Å². The predicted molar refractivity (Wildman–Crippen MR) is 96.3 cm³/mol. The summed E-state index contributed by atoms with van der Waals surface area (Å²) in [6.45, 7) is 3.89. The lowest BCUT2D eigenvalue weighted by atomic mass is 10.1. The molecule has 8 heteroatoms. The van der Waals surface area contributed by atoms with Gasteiger partial charge in [0.1, 0.15) is 11.5 Å². The highest BCUT2D eigenvalue weighted by atomic mass is 19.1. The molecule has 1 unspecified atom stereocenters. The Morgan fingerprint density at radius 3 is 2.65 bits per heavy atom. The zero-order chi connectivity index (χ0) is 19.3. The fourth-order valence-corrected chi connectivity index (χ4v) is 2.64. The van der Waals surface area contributed by atoms with Gasteiger partial charge in [-0.25, -0.2) is 9.40 Å². The van der Waals surface area contributed by atoms with Gasteiger partial charge >= 0.3 is 0 Å². The van der Waals surface area contributed by atoms with E-state index >= 15 is 0 Å². The molecule has 2 N–H and O–H groups in total. The van der Waals surface area contributed by atoms with Gasteiger partial charge in [-0.2, -0.15) is 5.10 Å². The van der Waals surface area contributed by atoms with E-state index in [1.54, 1.807) is 0 Å². The molecule has 0 aromatic heterocycles. The van der Waals surface area contributed by atoms with Crippen LogP contribution in [0.3, 0.4) is 0 Å². The van der Waals surface area contributed by atoms with Gasteiger partial charge in [0.2, 0.25) is 5.91 Å². The molecule has 1 aliphatic rings. The molecule has 0 bridgehead atoms. The molecule has 26 heavy (non-hydrogen) atoms. The average Bonchev–Trinajstić information content (AvgIpc) is 2.56. The quantitative estimate of drug-likeness (QED) is 0.813. The van der Waals surface area contributed by atoms with Crippen LogP contribution in [0, 0.1) is 5.82 Å². The first kappa shape index (κ1) is 19.6. The molecule has 140 valence electrons. The van der Waals surface area contributed by atoms with E-state index in [4.69, 9.17) is 0 Å². The minimum atomic E-state index is -0.631. The minimum Gasteiger partial charge on any atom is -0.350 e. The van der Waals surface area contributed by atoms with E-state index in [1.165, 1.54) is 13.1 Å². The molecule has 0 aliphatic carbocycles. The lowest BCUT2D eigenvalue weighted by Gasteiger charge is -2.19. The highest BCUT2D eigenvalue weighted by Crippen LogP contribution is 2.16. The van der Waals surface area contributed by atoms with Crippen molar-refractivity contribution in [1.29, 1.82) is 0 Å². The number of rotatable bonds is 6. The zero-order valence-corrected chi connectivity index (χ0v) is 15.1. The van der Waals surface area contributed by atoms with Crippen LogP contribution in [-0.4, -0.2) is 41.5 Å². The van der Waals surface area contributed by atoms with Crippen LogP contribution in [0.25, 0.3) is 0 Å². The Morgan fingerprint density at radius 1 is 1.27 bits per heavy atom. The summed E-state index contributed by atoms with van der Waals surface area (Å²) in [5, 5.41) is 10.4. The lowest BCUT2D eigenvalue weighted by molar-refractivity contribution is -0.130. The van der Waals surface area contributed by atoms with Crippen LogP contribution in [0.15, 0.2) is 23.3 Å². The van der Waals surface area contributed by atoms with E-state index in [2.05, 4.69) is 15.7 Å². The largest absolute Gasteiger partial charge is 0.350 e. The molecule has 1 heterocycles. The highest BCUT2D eigenvalue weighted by molar-refractivity contribution is 6.43. The smallest absolute Gasteiger partial charge is 0.271 e. The Morgan fingerprint density at radius 2 is 2.00 bits per heavy atom. The summed E-state index contributed by atoms with van der Waals surface area (Å²) in [6, 6.07) is 3.63. The molecule has 2 rings (SSSR count). The summed E-state index contributed by atoms with van der Waals surface area (Å²) in [7, 11) is 1.47. The maximum atomic E-state index is 13.9. The number of benzene rings is 1. The van der Waals surface area contributed by atoms with Crippen molar-refractivity contribution in [3.63, 3.8) is 0 Å². The molecule has 1 aromatic rings. The number of nitrogens with zero attached hydrogens (tertiary/aromatic N) is 2. The van der Waals surface area contributed by atoms with Crippen molar-refractivity contribution in [2.45, 2.75) is 45.6 Å². The minimum absolute atomic E-state index is 0.0292. The van der Waals surface area contributed by atoms with Gasteiger partial charge in [0.05, 0.1) is 0 Å². The monoisotopic (exact) mass is 362 g/mol. The summed E-state index contributed by atoms with van der Waals surface area (Å²) in [6.07, 6.45) is 2.14. The average molecular weight is 362 g/mol. The van der Waals surface area contributed by atoms with Crippen molar-refractivity contribution >= 4 is 29.1 Å². The topological polar surface area (TPSA) is 90.9 Å². The molecule has 1 aliphatic heterocycles. The Kier molecular flexibility index (Phi) is 6.43. The summed E-state index contributed by atoms with van der Waals surface area (Å²) in [5.41, 5.74) is 0.464. The van der Waals surface area contributed by atoms with Crippen molar-refractivity contribution in [3.8, 4) is 0 Å². The van der Waals surface area contributed by atoms with Crippen molar-refractivity contribution in [1.82, 2.24) is 10.3 Å². The van der Waals surface area contributed by atoms with Gasteiger partial charge in [-0.15, -0.1) is 0 Å². The van der Waals surface area contributed by atoms with Gasteiger partial charge in [-0.3, -0.25) is 14.4 Å². The maximum absolute atomic E-state index is 13.9. The Bertz CT molecular complexity index is 748. The van der Waals surface area contributed by atoms with E-state index in [9.17, 15) is 18.8 Å². The second-order valence-electron chi connectivity index (χ2n) is 6.31. The first-order valence-electron chi connectivity index (χ1n) is 8.57. The van der Waals surface area contributed by atoms with Crippen LogP contribution in [0.1, 0.15) is 49.9 Å². The van der Waals surface area contributed by atoms with E-state index in [-0.39, 0.29) is 41.8 Å². The molecule has 0 spiro atoms. The van der Waals surface area contributed by atoms with E-state index in [1.807, 2.05) is 13.8 Å². The van der Waals surface area contributed by atoms with Gasteiger partial charge in [0.15, 0.2) is 0 Å². The van der Waals surface area contributed by atoms with Gasteiger partial charge in [0.25, 0.3) is 11.8 Å². The first-order chi connectivity index (χ1) is 12.3. The zero-order valence-electron chi connectivity index (χ0n) is 15.1. The van der Waals surface area contributed by atoms with Crippen molar-refractivity contribution in [2.24, 2.45) is 5.10 Å². The van der Waals surface area contributed by atoms with Crippen LogP contribution in [0.4, 0.5) is 10.1 Å². The van der Waals surface area contributed by atoms with E-state index in [0.29, 0.717) is 0 Å². The normalized spacial score (nSPS) is 15.3. The lowest BCUT2D eigenvalue weighted by Crippen LogP contribution is -2.34. The molecule has 0 saturated heterocycles. The molecule has 7 nitrogen and oxygen atoms in total. The third-order valence-electron chi connectivity index (χ3n) is 3.99. The van der Waals surface area contributed by atoms with Crippen LogP contribution in [-0.2, 0) is 9.59 Å². The molecule has 1 aromatic carbocycles. The van der Waals surface area contributed by atoms with E-state index < -0.39 is 17.6 Å². The third kappa shape index (κ3) is 5.11. The number of carbonyl (C=O) groups is 3. The maximum Gasteiger partial charge on any atom is 0.271 e. The standard InChI is InChI=1S/C18H23FN4O3/c1-4-5-11(2)20-17(25)12-8-13(19)10-14(9-12)21-18(26)15-6-7-16(24)23(3)22-15/h8-11H,4-7H2,1-3H3,(H,20,25)(H,21,26). The summed E-state index contributed by atoms with van der Waals surface area (Å²) >= 11 is 0. The van der Waals surface area contributed by atoms with Crippen molar-refractivity contribution in [3.05, 3.63) is 29.6 Å². The molecule has 0 radical (unpaired) electrons. The Labute approximate surface area is 151 Å². The van der Waals surface area contributed by atoms with Crippen LogP contribution >= 0.6 is 0 Å². The third-order valence-corrected chi connectivity index (χ3v) is 3.99. The number of carbonyl (C=O) groups excluding carboxylic acids is 3. The highest BCUT2D eigenvalue weighted by Gasteiger charge is 2.22. The number of hydrogen-bond donors (Lipinski definition) is 2. The molecule has 0 saturated carbocycles. The molecule has 0 fully saturated rings. The van der Waals surface area contributed by atoms with Crippen LogP contribution in [0.5, 0.6) is 0 Å². The van der Waals surface area contributed by atoms with Crippen molar-refractivity contribution in [2.75, 3.05) is 12.4 Å². The van der Waals surface area contributed by atoms with Gasteiger partial charge in [-0.1, -0.05) is 13.3 Å². The van der Waals surface area contributed by atoms with Gasteiger partial charge in [-0.05, 0) is 31.5 Å². The second-order valence-corrected chi connectivity index (χ2v) is 6.31. The number of hydrogen-bond acceptors (Lipinski definition) is 4. The number of amides is 3. The number of nitrogens with one attached hydrogen (secondary N) is 2. The molecule has 1 atom stereocenters.